The van der Waals surface area contributed by atoms with Crippen molar-refractivity contribution in [3.8, 4) is 17.4 Å². The first-order valence-corrected chi connectivity index (χ1v) is 8.83. The number of alkyl halides is 3. The van der Waals surface area contributed by atoms with Gasteiger partial charge in [0.1, 0.15) is 23.2 Å². The summed E-state index contributed by atoms with van der Waals surface area (Å²) in [5, 5.41) is 9.23. The Balaban J connectivity index is 1.72. The van der Waals surface area contributed by atoms with Gasteiger partial charge in [0.2, 0.25) is 0 Å². The summed E-state index contributed by atoms with van der Waals surface area (Å²) in [5.41, 5.74) is 3.59. The van der Waals surface area contributed by atoms with Gasteiger partial charge in [-0.3, -0.25) is 20.4 Å². The van der Waals surface area contributed by atoms with Crippen LogP contribution in [0.25, 0.3) is 17.4 Å². The van der Waals surface area contributed by atoms with Crippen LogP contribution in [0.2, 0.25) is 0 Å². The molecule has 0 fully saturated rings. The molecule has 0 spiro atoms. The van der Waals surface area contributed by atoms with Crippen molar-refractivity contribution in [1.82, 2.24) is 10.9 Å². The van der Waals surface area contributed by atoms with Gasteiger partial charge in [-0.25, -0.2) is 0 Å². The summed E-state index contributed by atoms with van der Waals surface area (Å²) in [6.07, 6.45) is -3.39. The van der Waals surface area contributed by atoms with Crippen molar-refractivity contribution in [1.29, 1.82) is 5.26 Å². The second-order valence-electron chi connectivity index (χ2n) is 6.22. The highest BCUT2D eigenvalue weighted by atomic mass is 19.4. The zero-order chi connectivity index (χ0) is 22.4. The number of nitrogens with zero attached hydrogens (tertiary/aromatic N) is 1. The number of hydrogen-bond donors (Lipinski definition) is 2. The van der Waals surface area contributed by atoms with Crippen molar-refractivity contribution in [3.05, 3.63) is 89.2 Å². The van der Waals surface area contributed by atoms with Gasteiger partial charge in [-0.2, -0.15) is 18.4 Å². The summed E-state index contributed by atoms with van der Waals surface area (Å²) in [4.78, 5) is 24.1. The van der Waals surface area contributed by atoms with Crippen LogP contribution in [0.15, 0.2) is 76.7 Å². The minimum atomic E-state index is -4.50. The number of carbonyl (C=O) groups excluding carboxylic acids is 2. The molecule has 3 rings (SSSR count). The van der Waals surface area contributed by atoms with Gasteiger partial charge in [0.05, 0.1) is 5.56 Å². The molecule has 0 aliphatic heterocycles. The van der Waals surface area contributed by atoms with E-state index in [1.54, 1.807) is 36.4 Å². The first-order valence-electron chi connectivity index (χ1n) is 8.83. The summed E-state index contributed by atoms with van der Waals surface area (Å²) in [6, 6.07) is 17.2. The molecule has 0 unspecified atom stereocenters. The molecular formula is C22H14F3N3O3. The molecule has 0 saturated heterocycles. The summed E-state index contributed by atoms with van der Waals surface area (Å²) < 4.78 is 44.1. The smallest absolute Gasteiger partial charge is 0.416 e. The van der Waals surface area contributed by atoms with Crippen LogP contribution < -0.4 is 10.9 Å². The third-order valence-corrected chi connectivity index (χ3v) is 4.08. The quantitative estimate of drug-likeness (QED) is 0.369. The molecule has 9 heteroatoms. The molecule has 3 aromatic rings. The fourth-order valence-corrected chi connectivity index (χ4v) is 2.57. The maximum absolute atomic E-state index is 12.9. The lowest BCUT2D eigenvalue weighted by atomic mass is 10.1. The number of amides is 2. The molecule has 2 aromatic carbocycles. The van der Waals surface area contributed by atoms with Crippen molar-refractivity contribution in [2.75, 3.05) is 0 Å². The van der Waals surface area contributed by atoms with Crippen LogP contribution in [0.1, 0.15) is 21.7 Å². The van der Waals surface area contributed by atoms with E-state index in [0.29, 0.717) is 5.56 Å². The summed E-state index contributed by atoms with van der Waals surface area (Å²) in [5.74, 6) is -1.25. The Labute approximate surface area is 174 Å². The molecule has 2 amide bonds. The Bertz CT molecular complexity index is 1180. The van der Waals surface area contributed by atoms with Crippen molar-refractivity contribution < 1.29 is 27.2 Å². The van der Waals surface area contributed by atoms with Crippen LogP contribution in [0.4, 0.5) is 13.2 Å². The van der Waals surface area contributed by atoms with E-state index in [-0.39, 0.29) is 22.7 Å². The lowest BCUT2D eigenvalue weighted by molar-refractivity contribution is -0.137. The minimum absolute atomic E-state index is 0.0773. The fourth-order valence-electron chi connectivity index (χ4n) is 2.57. The minimum Gasteiger partial charge on any atom is -0.457 e. The second-order valence-corrected chi connectivity index (χ2v) is 6.22. The first-order chi connectivity index (χ1) is 14.8. The zero-order valence-electron chi connectivity index (χ0n) is 15.7. The van der Waals surface area contributed by atoms with Crippen molar-refractivity contribution in [2.45, 2.75) is 6.18 Å². The molecule has 0 aliphatic rings. The Kier molecular flexibility index (Phi) is 6.21. The van der Waals surface area contributed by atoms with Gasteiger partial charge >= 0.3 is 6.18 Å². The lowest BCUT2D eigenvalue weighted by Gasteiger charge is -2.07. The van der Waals surface area contributed by atoms with E-state index >= 15 is 0 Å². The van der Waals surface area contributed by atoms with Crippen LogP contribution in [-0.2, 0) is 11.0 Å². The molecule has 31 heavy (non-hydrogen) atoms. The fraction of sp³-hybridized carbons (Fsp3) is 0.0455. The van der Waals surface area contributed by atoms with Gasteiger partial charge in [0.25, 0.3) is 11.8 Å². The highest BCUT2D eigenvalue weighted by molar-refractivity contribution is 6.03. The average molecular weight is 425 g/mol. The number of carbonyl (C=O) groups is 2. The standard InChI is InChI=1S/C22H14F3N3O3/c23-22(24,25)17-8-4-7-15(11-17)19-10-9-18(31-19)12-16(13-26)21(30)28-27-20(29)14-5-2-1-3-6-14/h1-12H,(H,27,29)(H,28,30)/b16-12+. The van der Waals surface area contributed by atoms with Crippen LogP contribution >= 0.6 is 0 Å². The third kappa shape index (κ3) is 5.39. The Morgan fingerprint density at radius 3 is 2.39 bits per heavy atom. The molecule has 0 saturated carbocycles. The van der Waals surface area contributed by atoms with E-state index in [1.165, 1.54) is 24.3 Å². The normalized spacial score (nSPS) is 11.5. The predicted molar refractivity (Wildman–Crippen MR) is 105 cm³/mol. The maximum Gasteiger partial charge on any atom is 0.416 e. The Hall–Kier alpha value is -4.32. The number of hydrazine groups is 1. The number of furan rings is 1. The van der Waals surface area contributed by atoms with E-state index in [4.69, 9.17) is 4.42 Å². The summed E-state index contributed by atoms with van der Waals surface area (Å²) in [6.45, 7) is 0. The highest BCUT2D eigenvalue weighted by Gasteiger charge is 2.30. The van der Waals surface area contributed by atoms with Gasteiger partial charge in [0.15, 0.2) is 0 Å². The van der Waals surface area contributed by atoms with Gasteiger partial charge in [-0.05, 0) is 36.4 Å². The van der Waals surface area contributed by atoms with Gasteiger partial charge in [0, 0.05) is 17.2 Å². The molecule has 2 N–H and O–H groups in total. The van der Waals surface area contributed by atoms with Crippen LogP contribution in [0, 0.1) is 11.3 Å². The number of benzene rings is 2. The Morgan fingerprint density at radius 2 is 1.71 bits per heavy atom. The van der Waals surface area contributed by atoms with Crippen LogP contribution in [0.5, 0.6) is 0 Å². The second kappa shape index (κ2) is 9.00. The first kappa shape index (κ1) is 21.4. The van der Waals surface area contributed by atoms with Crippen molar-refractivity contribution in [2.24, 2.45) is 0 Å². The number of nitriles is 1. The number of rotatable bonds is 4. The van der Waals surface area contributed by atoms with E-state index in [2.05, 4.69) is 10.9 Å². The topological polar surface area (TPSA) is 95.1 Å². The van der Waals surface area contributed by atoms with Crippen LogP contribution in [0.3, 0.4) is 0 Å². The van der Waals surface area contributed by atoms with E-state index in [1.807, 2.05) is 0 Å². The van der Waals surface area contributed by atoms with Gasteiger partial charge in [-0.1, -0.05) is 30.3 Å². The lowest BCUT2D eigenvalue weighted by Crippen LogP contribution is -2.42. The van der Waals surface area contributed by atoms with Gasteiger partial charge < -0.3 is 4.42 Å². The molecule has 1 heterocycles. The third-order valence-electron chi connectivity index (χ3n) is 4.08. The molecule has 0 radical (unpaired) electrons. The molecular weight excluding hydrogens is 411 g/mol. The maximum atomic E-state index is 12.9. The molecule has 6 nitrogen and oxygen atoms in total. The van der Waals surface area contributed by atoms with E-state index < -0.39 is 23.6 Å². The largest absolute Gasteiger partial charge is 0.457 e. The number of halogens is 3. The molecule has 156 valence electrons. The Morgan fingerprint density at radius 1 is 0.968 bits per heavy atom. The average Bonchev–Trinajstić information content (AvgIpc) is 3.24. The number of hydrogen-bond acceptors (Lipinski definition) is 4. The summed E-state index contributed by atoms with van der Waals surface area (Å²) >= 11 is 0. The molecule has 0 atom stereocenters. The van der Waals surface area contributed by atoms with Crippen LogP contribution in [-0.4, -0.2) is 11.8 Å². The predicted octanol–water partition coefficient (Wildman–Crippen LogP) is 4.33. The number of nitrogens with one attached hydrogen (secondary N) is 2. The summed E-state index contributed by atoms with van der Waals surface area (Å²) in [7, 11) is 0. The monoisotopic (exact) mass is 425 g/mol. The van der Waals surface area contributed by atoms with Crippen molar-refractivity contribution >= 4 is 17.9 Å². The molecule has 1 aromatic heterocycles. The van der Waals surface area contributed by atoms with E-state index in [0.717, 1.165) is 18.2 Å². The molecule has 0 aliphatic carbocycles. The zero-order valence-corrected chi connectivity index (χ0v) is 15.7. The molecule has 0 bridgehead atoms. The van der Waals surface area contributed by atoms with Crippen molar-refractivity contribution in [3.63, 3.8) is 0 Å². The van der Waals surface area contributed by atoms with E-state index in [9.17, 15) is 28.0 Å². The SMILES string of the molecule is N#C/C(=C\c1ccc(-c2cccc(C(F)(F)F)c2)o1)C(=O)NNC(=O)c1ccccc1. The van der Waals surface area contributed by atoms with Gasteiger partial charge in [-0.15, -0.1) is 0 Å². The highest BCUT2D eigenvalue weighted by Crippen LogP contribution is 2.32.